The Balaban J connectivity index is 2.00. The van der Waals surface area contributed by atoms with Crippen molar-refractivity contribution in [2.24, 2.45) is 0 Å². The lowest BCUT2D eigenvalue weighted by atomic mass is 10.1. The molecule has 0 bridgehead atoms. The van der Waals surface area contributed by atoms with E-state index < -0.39 is 0 Å². The molecule has 0 aliphatic rings. The summed E-state index contributed by atoms with van der Waals surface area (Å²) in [5.41, 5.74) is 7.22. The Kier molecular flexibility index (Phi) is 3.31. The average molecular weight is 281 g/mol. The van der Waals surface area contributed by atoms with Gasteiger partial charge in [0.1, 0.15) is 5.75 Å². The maximum absolute atomic E-state index is 12.4. The number of hydrogen-bond acceptors (Lipinski definition) is 4. The van der Waals surface area contributed by atoms with E-state index in [1.807, 2.05) is 24.3 Å². The Morgan fingerprint density at radius 1 is 1.24 bits per heavy atom. The molecule has 0 aliphatic carbocycles. The lowest BCUT2D eigenvalue weighted by Gasteiger charge is -2.09. The second kappa shape index (κ2) is 5.28. The molecule has 0 aliphatic heterocycles. The van der Waals surface area contributed by atoms with Crippen molar-refractivity contribution in [3.05, 3.63) is 64.6 Å². The first-order valence-corrected chi connectivity index (χ1v) is 6.56. The Labute approximate surface area is 121 Å². The minimum absolute atomic E-state index is 0.109. The highest BCUT2D eigenvalue weighted by Gasteiger charge is 2.06. The molecule has 1 heterocycles. The van der Waals surface area contributed by atoms with E-state index in [4.69, 9.17) is 10.5 Å². The standard InChI is InChI=1S/C16H15N3O2/c1-21-15-7-6-11(8-14(15)17)10-19-16(20)13-5-3-2-4-12(13)9-18-19/h2-9H,10,17H2,1H3. The van der Waals surface area contributed by atoms with Crippen LogP contribution in [0.2, 0.25) is 0 Å². The van der Waals surface area contributed by atoms with Crippen LogP contribution in [0, 0.1) is 0 Å². The van der Waals surface area contributed by atoms with Crippen LogP contribution in [0.1, 0.15) is 5.56 Å². The molecular formula is C16H15N3O2. The van der Waals surface area contributed by atoms with Gasteiger partial charge in [-0.05, 0) is 23.8 Å². The number of aromatic nitrogens is 2. The first-order valence-electron chi connectivity index (χ1n) is 6.56. The molecule has 3 aromatic rings. The van der Waals surface area contributed by atoms with Crippen molar-refractivity contribution in [1.82, 2.24) is 9.78 Å². The number of nitrogens with two attached hydrogens (primary N) is 1. The van der Waals surface area contributed by atoms with Crippen molar-refractivity contribution < 1.29 is 4.74 Å². The van der Waals surface area contributed by atoms with Crippen LogP contribution in [0.5, 0.6) is 5.75 Å². The molecule has 0 saturated carbocycles. The summed E-state index contributed by atoms with van der Waals surface area (Å²) in [5, 5.41) is 5.71. The quantitative estimate of drug-likeness (QED) is 0.746. The molecule has 0 saturated heterocycles. The Morgan fingerprint density at radius 2 is 2.05 bits per heavy atom. The van der Waals surface area contributed by atoms with Crippen molar-refractivity contribution in [3.63, 3.8) is 0 Å². The van der Waals surface area contributed by atoms with Gasteiger partial charge in [-0.25, -0.2) is 4.68 Å². The molecule has 1 aromatic heterocycles. The number of nitrogen functional groups attached to an aromatic ring is 1. The summed E-state index contributed by atoms with van der Waals surface area (Å²) in [6, 6.07) is 12.9. The number of nitrogens with zero attached hydrogens (tertiary/aromatic N) is 2. The Hall–Kier alpha value is -2.82. The molecule has 0 spiro atoms. The first kappa shape index (κ1) is 13.2. The van der Waals surface area contributed by atoms with E-state index in [1.165, 1.54) is 4.68 Å². The lowest BCUT2D eigenvalue weighted by Crippen LogP contribution is -2.23. The van der Waals surface area contributed by atoms with Crippen molar-refractivity contribution in [3.8, 4) is 5.75 Å². The normalized spacial score (nSPS) is 10.7. The molecule has 0 radical (unpaired) electrons. The number of anilines is 1. The molecular weight excluding hydrogens is 266 g/mol. The van der Waals surface area contributed by atoms with E-state index in [0.29, 0.717) is 23.4 Å². The smallest absolute Gasteiger partial charge is 0.274 e. The van der Waals surface area contributed by atoms with Gasteiger partial charge in [0.05, 0.1) is 30.9 Å². The van der Waals surface area contributed by atoms with Gasteiger partial charge in [0.25, 0.3) is 5.56 Å². The zero-order valence-corrected chi connectivity index (χ0v) is 11.6. The van der Waals surface area contributed by atoms with E-state index in [0.717, 1.165) is 10.9 Å². The van der Waals surface area contributed by atoms with Gasteiger partial charge in [0, 0.05) is 5.39 Å². The van der Waals surface area contributed by atoms with E-state index in [2.05, 4.69) is 5.10 Å². The van der Waals surface area contributed by atoms with Crippen molar-refractivity contribution >= 4 is 16.5 Å². The van der Waals surface area contributed by atoms with Crippen molar-refractivity contribution in [2.75, 3.05) is 12.8 Å². The van der Waals surface area contributed by atoms with Crippen LogP contribution < -0.4 is 16.0 Å². The van der Waals surface area contributed by atoms with Crippen LogP contribution >= 0.6 is 0 Å². The third-order valence-electron chi connectivity index (χ3n) is 3.39. The summed E-state index contributed by atoms with van der Waals surface area (Å²) in [5.74, 6) is 0.623. The predicted molar refractivity (Wildman–Crippen MR) is 82.5 cm³/mol. The summed E-state index contributed by atoms with van der Waals surface area (Å²) in [6.45, 7) is 0.373. The summed E-state index contributed by atoms with van der Waals surface area (Å²) >= 11 is 0. The van der Waals surface area contributed by atoms with Gasteiger partial charge in [-0.15, -0.1) is 0 Å². The third kappa shape index (κ3) is 2.45. The Morgan fingerprint density at radius 3 is 2.81 bits per heavy atom. The first-order chi connectivity index (χ1) is 10.2. The van der Waals surface area contributed by atoms with Gasteiger partial charge in [0.15, 0.2) is 0 Å². The molecule has 0 atom stereocenters. The van der Waals surface area contributed by atoms with Crippen LogP contribution in [0.25, 0.3) is 10.8 Å². The summed E-state index contributed by atoms with van der Waals surface area (Å²) in [4.78, 5) is 12.4. The van der Waals surface area contributed by atoms with E-state index >= 15 is 0 Å². The van der Waals surface area contributed by atoms with Gasteiger partial charge in [-0.3, -0.25) is 4.79 Å². The zero-order valence-electron chi connectivity index (χ0n) is 11.6. The van der Waals surface area contributed by atoms with Gasteiger partial charge in [-0.1, -0.05) is 24.3 Å². The number of benzene rings is 2. The molecule has 5 nitrogen and oxygen atoms in total. The lowest BCUT2D eigenvalue weighted by molar-refractivity contribution is 0.417. The third-order valence-corrected chi connectivity index (χ3v) is 3.39. The van der Waals surface area contributed by atoms with Gasteiger partial charge in [0.2, 0.25) is 0 Å². The van der Waals surface area contributed by atoms with Gasteiger partial charge < -0.3 is 10.5 Å². The maximum atomic E-state index is 12.4. The highest BCUT2D eigenvalue weighted by Crippen LogP contribution is 2.22. The molecule has 21 heavy (non-hydrogen) atoms. The minimum Gasteiger partial charge on any atom is -0.495 e. The molecule has 0 fully saturated rings. The zero-order chi connectivity index (χ0) is 14.8. The maximum Gasteiger partial charge on any atom is 0.274 e. The molecule has 2 N–H and O–H groups in total. The number of fused-ring (bicyclic) bond motifs is 1. The fourth-order valence-electron chi connectivity index (χ4n) is 2.30. The van der Waals surface area contributed by atoms with Gasteiger partial charge >= 0.3 is 0 Å². The van der Waals surface area contributed by atoms with Crippen LogP contribution in [0.3, 0.4) is 0 Å². The van der Waals surface area contributed by atoms with E-state index in [-0.39, 0.29) is 5.56 Å². The van der Waals surface area contributed by atoms with Gasteiger partial charge in [-0.2, -0.15) is 5.10 Å². The number of ether oxygens (including phenoxy) is 1. The summed E-state index contributed by atoms with van der Waals surface area (Å²) < 4.78 is 6.56. The minimum atomic E-state index is -0.109. The van der Waals surface area contributed by atoms with Crippen molar-refractivity contribution in [1.29, 1.82) is 0 Å². The predicted octanol–water partition coefficient (Wildman–Crippen LogP) is 2.04. The molecule has 0 amide bonds. The fourth-order valence-corrected chi connectivity index (χ4v) is 2.30. The summed E-state index contributed by atoms with van der Waals surface area (Å²) in [6.07, 6.45) is 1.70. The molecule has 5 heteroatoms. The largest absolute Gasteiger partial charge is 0.495 e. The van der Waals surface area contributed by atoms with Crippen LogP contribution in [-0.2, 0) is 6.54 Å². The highest BCUT2D eigenvalue weighted by atomic mass is 16.5. The van der Waals surface area contributed by atoms with E-state index in [9.17, 15) is 4.79 Å². The van der Waals surface area contributed by atoms with Crippen LogP contribution in [-0.4, -0.2) is 16.9 Å². The molecule has 0 unspecified atom stereocenters. The van der Waals surface area contributed by atoms with E-state index in [1.54, 1.807) is 31.5 Å². The second-order valence-electron chi connectivity index (χ2n) is 4.77. The molecule has 2 aromatic carbocycles. The fraction of sp³-hybridized carbons (Fsp3) is 0.125. The van der Waals surface area contributed by atoms with Crippen LogP contribution in [0.15, 0.2) is 53.5 Å². The highest BCUT2D eigenvalue weighted by molar-refractivity contribution is 5.80. The summed E-state index contributed by atoms with van der Waals surface area (Å²) in [7, 11) is 1.57. The Bertz CT molecular complexity index is 856. The number of rotatable bonds is 3. The second-order valence-corrected chi connectivity index (χ2v) is 4.77. The topological polar surface area (TPSA) is 70.1 Å². The monoisotopic (exact) mass is 281 g/mol. The number of methoxy groups -OCH3 is 1. The SMILES string of the molecule is COc1ccc(Cn2ncc3ccccc3c2=O)cc1N. The number of hydrogen-bond donors (Lipinski definition) is 1. The van der Waals surface area contributed by atoms with Crippen molar-refractivity contribution in [2.45, 2.75) is 6.54 Å². The average Bonchev–Trinajstić information content (AvgIpc) is 2.51. The molecule has 3 rings (SSSR count). The molecule has 106 valence electrons. The van der Waals surface area contributed by atoms with Crippen LogP contribution in [0.4, 0.5) is 5.69 Å².